The highest BCUT2D eigenvalue weighted by Crippen LogP contribution is 2.51. The number of para-hydroxylation sites is 2. The van der Waals surface area contributed by atoms with Crippen LogP contribution in [0.4, 0.5) is 0 Å². The van der Waals surface area contributed by atoms with E-state index in [1.54, 1.807) is 12.2 Å². The Morgan fingerprint density at radius 1 is 0.483 bits per heavy atom. The number of fused-ring (bicyclic) bond motifs is 12. The van der Waals surface area contributed by atoms with Gasteiger partial charge in [0, 0.05) is 38.4 Å². The Bertz CT molecular complexity index is 2920. The van der Waals surface area contributed by atoms with E-state index < -0.39 is 0 Å². The van der Waals surface area contributed by atoms with Crippen LogP contribution in [0.15, 0.2) is 177 Å². The monoisotopic (exact) mass is 751 g/mol. The van der Waals surface area contributed by atoms with Crippen LogP contribution in [0.3, 0.4) is 0 Å². The summed E-state index contributed by atoms with van der Waals surface area (Å²) in [5.41, 5.74) is 18.5. The van der Waals surface area contributed by atoms with Crippen molar-refractivity contribution in [3.8, 4) is 33.6 Å². The van der Waals surface area contributed by atoms with Gasteiger partial charge in [-0.1, -0.05) is 156 Å². The maximum atomic E-state index is 5.61. The zero-order valence-electron chi connectivity index (χ0n) is 34.3. The van der Waals surface area contributed by atoms with Gasteiger partial charge in [0.15, 0.2) is 0 Å². The standard InChI is InChI=1S/C47H35N3.C5H8.C3H6/c1-46(2)37-17-9-5-13-30(37)32-23-21-28(25-39(32)46)49-42-20-12-8-16-35(42)44-43(49)27-36-34-15-7-11-19-41(34)50(45(36)48-44)29-22-24-33-31-14-6-10-18-38(31)47(3,4)40(33)26-29;1-3-5-4-2;1-3-2/h5-27H,1-4H3;3-5H,1H2,2H3;3H,1H2,2H3/b;5-4-;. The van der Waals surface area contributed by atoms with Gasteiger partial charge in [0.2, 0.25) is 0 Å². The molecule has 6 aromatic carbocycles. The molecular weight excluding hydrogens is 703 g/mol. The molecule has 2 aliphatic rings. The first-order valence-corrected chi connectivity index (χ1v) is 20.3. The molecule has 0 aliphatic heterocycles. The molecule has 0 saturated heterocycles. The van der Waals surface area contributed by atoms with Crippen molar-refractivity contribution in [2.75, 3.05) is 0 Å². The summed E-state index contributed by atoms with van der Waals surface area (Å²) < 4.78 is 4.81. The van der Waals surface area contributed by atoms with Crippen LogP contribution in [0, 0.1) is 0 Å². The first-order valence-electron chi connectivity index (χ1n) is 20.3. The largest absolute Gasteiger partial charge is 0.308 e. The Morgan fingerprint density at radius 3 is 1.48 bits per heavy atom. The summed E-state index contributed by atoms with van der Waals surface area (Å²) in [7, 11) is 0. The summed E-state index contributed by atoms with van der Waals surface area (Å²) in [4.78, 5) is 5.61. The highest BCUT2D eigenvalue weighted by Gasteiger charge is 2.37. The van der Waals surface area contributed by atoms with Crippen LogP contribution < -0.4 is 0 Å². The molecule has 58 heavy (non-hydrogen) atoms. The summed E-state index contributed by atoms with van der Waals surface area (Å²) in [6.07, 6.45) is 7.33. The molecule has 3 aromatic heterocycles. The topological polar surface area (TPSA) is 22.8 Å². The van der Waals surface area contributed by atoms with Crippen molar-refractivity contribution < 1.29 is 0 Å². The van der Waals surface area contributed by atoms with Crippen molar-refractivity contribution in [1.29, 1.82) is 0 Å². The van der Waals surface area contributed by atoms with E-state index in [0.717, 1.165) is 33.1 Å². The van der Waals surface area contributed by atoms with Gasteiger partial charge in [0.05, 0.1) is 22.1 Å². The van der Waals surface area contributed by atoms with Crippen molar-refractivity contribution in [3.05, 3.63) is 199 Å². The molecule has 0 fully saturated rings. The lowest BCUT2D eigenvalue weighted by atomic mass is 9.82. The molecule has 0 amide bonds. The van der Waals surface area contributed by atoms with Crippen LogP contribution in [0.25, 0.3) is 77.5 Å². The van der Waals surface area contributed by atoms with Gasteiger partial charge in [-0.25, -0.2) is 4.98 Å². The van der Waals surface area contributed by atoms with E-state index in [2.05, 4.69) is 190 Å². The Morgan fingerprint density at radius 2 is 0.948 bits per heavy atom. The molecule has 11 rings (SSSR count). The molecule has 3 nitrogen and oxygen atoms in total. The van der Waals surface area contributed by atoms with E-state index in [-0.39, 0.29) is 10.8 Å². The smallest absolute Gasteiger partial charge is 0.146 e. The second-order valence-electron chi connectivity index (χ2n) is 16.4. The van der Waals surface area contributed by atoms with Gasteiger partial charge >= 0.3 is 0 Å². The average molecular weight is 752 g/mol. The molecule has 0 atom stereocenters. The highest BCUT2D eigenvalue weighted by atomic mass is 15.1. The van der Waals surface area contributed by atoms with Crippen molar-refractivity contribution in [1.82, 2.24) is 14.1 Å². The number of pyridine rings is 1. The Labute approximate surface area is 341 Å². The van der Waals surface area contributed by atoms with E-state index in [1.165, 1.54) is 66.6 Å². The molecule has 3 heterocycles. The number of hydrogen-bond acceptors (Lipinski definition) is 1. The number of allylic oxidation sites excluding steroid dienone is 4. The summed E-state index contributed by atoms with van der Waals surface area (Å²) in [5, 5.41) is 3.53. The summed E-state index contributed by atoms with van der Waals surface area (Å²) in [6.45, 7) is 20.1. The molecule has 0 bridgehead atoms. The first-order chi connectivity index (χ1) is 28.1. The molecule has 0 radical (unpaired) electrons. The number of rotatable bonds is 3. The second kappa shape index (κ2) is 14.0. The fourth-order valence-electron chi connectivity index (χ4n) is 9.58. The number of nitrogens with zero attached hydrogens (tertiary/aromatic N) is 3. The summed E-state index contributed by atoms with van der Waals surface area (Å²) in [6, 6.07) is 51.7. The quantitative estimate of drug-likeness (QED) is 0.130. The molecular formula is C55H49N3. The lowest BCUT2D eigenvalue weighted by Crippen LogP contribution is -2.15. The first kappa shape index (κ1) is 36.9. The predicted octanol–water partition coefficient (Wildman–Crippen LogP) is 14.8. The van der Waals surface area contributed by atoms with E-state index in [9.17, 15) is 0 Å². The van der Waals surface area contributed by atoms with Gasteiger partial charge < -0.3 is 4.57 Å². The molecule has 0 saturated carbocycles. The Hall–Kier alpha value is -6.71. The van der Waals surface area contributed by atoms with Crippen molar-refractivity contribution in [2.45, 2.75) is 52.4 Å². The number of hydrogen-bond donors (Lipinski definition) is 0. The van der Waals surface area contributed by atoms with E-state index in [4.69, 9.17) is 4.98 Å². The van der Waals surface area contributed by atoms with Crippen LogP contribution in [0.5, 0.6) is 0 Å². The van der Waals surface area contributed by atoms with Gasteiger partial charge in [-0.2, -0.15) is 0 Å². The van der Waals surface area contributed by atoms with Gasteiger partial charge in [0.1, 0.15) is 5.65 Å². The summed E-state index contributed by atoms with van der Waals surface area (Å²) >= 11 is 0. The van der Waals surface area contributed by atoms with Gasteiger partial charge in [-0.3, -0.25) is 4.57 Å². The summed E-state index contributed by atoms with van der Waals surface area (Å²) in [5.74, 6) is 0. The third-order valence-corrected chi connectivity index (χ3v) is 12.2. The zero-order valence-corrected chi connectivity index (χ0v) is 34.3. The third-order valence-electron chi connectivity index (χ3n) is 12.2. The Balaban J connectivity index is 0.000000502. The molecule has 9 aromatic rings. The fraction of sp³-hybridized carbons (Fsp3) is 0.145. The van der Waals surface area contributed by atoms with Crippen molar-refractivity contribution in [3.63, 3.8) is 0 Å². The van der Waals surface area contributed by atoms with E-state index in [1.807, 2.05) is 26.0 Å². The van der Waals surface area contributed by atoms with Crippen LogP contribution in [0.1, 0.15) is 63.8 Å². The van der Waals surface area contributed by atoms with Gasteiger partial charge in [-0.05, 0) is 101 Å². The molecule has 0 N–H and O–H groups in total. The van der Waals surface area contributed by atoms with E-state index in [0.29, 0.717) is 0 Å². The molecule has 3 heteroatoms. The highest BCUT2D eigenvalue weighted by molar-refractivity contribution is 6.16. The predicted molar refractivity (Wildman–Crippen MR) is 249 cm³/mol. The van der Waals surface area contributed by atoms with Gasteiger partial charge in [-0.15, -0.1) is 6.58 Å². The van der Waals surface area contributed by atoms with E-state index >= 15 is 0 Å². The molecule has 2 aliphatic carbocycles. The molecule has 0 spiro atoms. The third kappa shape index (κ3) is 5.45. The maximum absolute atomic E-state index is 5.61. The van der Waals surface area contributed by atoms with Crippen molar-refractivity contribution in [2.24, 2.45) is 0 Å². The zero-order chi connectivity index (χ0) is 40.3. The minimum absolute atomic E-state index is 0.0779. The Kier molecular flexibility index (Phi) is 8.93. The maximum Gasteiger partial charge on any atom is 0.146 e. The lowest BCUT2D eigenvalue weighted by molar-refractivity contribution is 0.660. The second-order valence-corrected chi connectivity index (χ2v) is 16.4. The minimum atomic E-state index is -0.0827. The lowest BCUT2D eigenvalue weighted by Gasteiger charge is -2.22. The normalized spacial score (nSPS) is 14.0. The molecule has 0 unspecified atom stereocenters. The average Bonchev–Trinajstić information content (AvgIpc) is 3.89. The minimum Gasteiger partial charge on any atom is -0.308 e. The SMILES string of the molecule is C=C/C=C\C.C=CC.CC1(C)c2ccccc2-c2ccc(-n3c4ccccc4c4nc5c(cc43)c3ccccc3n5-c3ccc4c(c3)C(C)(C)c3ccccc3-4)cc21. The van der Waals surface area contributed by atoms with Gasteiger partial charge in [0.25, 0.3) is 0 Å². The van der Waals surface area contributed by atoms with Crippen LogP contribution in [-0.2, 0) is 10.8 Å². The van der Waals surface area contributed by atoms with Crippen LogP contribution in [0.2, 0.25) is 0 Å². The number of benzene rings is 6. The van der Waals surface area contributed by atoms with Crippen molar-refractivity contribution >= 4 is 43.9 Å². The number of aromatic nitrogens is 3. The fourth-order valence-corrected chi connectivity index (χ4v) is 9.58. The molecule has 284 valence electrons. The van der Waals surface area contributed by atoms with Crippen LogP contribution in [-0.4, -0.2) is 14.1 Å². The van der Waals surface area contributed by atoms with Crippen LogP contribution >= 0.6 is 0 Å².